The minimum absolute atomic E-state index is 0.169. The van der Waals surface area contributed by atoms with E-state index in [0.717, 1.165) is 10.9 Å². The zero-order valence-electron chi connectivity index (χ0n) is 8.60. The van der Waals surface area contributed by atoms with Crippen LogP contribution in [0.3, 0.4) is 0 Å². The highest BCUT2D eigenvalue weighted by Crippen LogP contribution is 2.12. The summed E-state index contributed by atoms with van der Waals surface area (Å²) in [6.45, 7) is 0.824. The average molecular weight is 239 g/mol. The quantitative estimate of drug-likeness (QED) is 0.592. The maximum absolute atomic E-state index is 5.35. The van der Waals surface area contributed by atoms with Gasteiger partial charge in [-0.15, -0.1) is 0 Å². The minimum Gasteiger partial charge on any atom is -0.461 e. The number of ether oxygens (including phenoxy) is 2. The first kappa shape index (κ1) is 11.1. The summed E-state index contributed by atoms with van der Waals surface area (Å²) in [7, 11) is 0. The molecule has 1 aromatic heterocycles. The Bertz CT molecular complexity index is 464. The molecule has 0 aliphatic carbocycles. The molecule has 1 aromatic carbocycles. The van der Waals surface area contributed by atoms with E-state index in [0.29, 0.717) is 19.2 Å². The summed E-state index contributed by atoms with van der Waals surface area (Å²) in [4.78, 5) is 8.33. The predicted molar refractivity (Wildman–Crippen MR) is 61.7 cm³/mol. The number of hydrogen-bond donors (Lipinski definition) is 0. The molecule has 4 nitrogen and oxygen atoms in total. The van der Waals surface area contributed by atoms with Crippen LogP contribution in [-0.2, 0) is 4.74 Å². The van der Waals surface area contributed by atoms with Gasteiger partial charge < -0.3 is 9.47 Å². The maximum atomic E-state index is 5.35. The standard InChI is InChI=1S/C11H11ClN2O2/c12-8-15-5-6-16-11-13-7-9-3-1-2-4-10(9)14-11/h1-4,7H,5-6,8H2. The molecule has 84 valence electrons. The second-order valence-corrected chi connectivity index (χ2v) is 3.30. The first-order valence-corrected chi connectivity index (χ1v) is 5.42. The molecule has 0 aliphatic heterocycles. The van der Waals surface area contributed by atoms with Gasteiger partial charge in [0.1, 0.15) is 12.7 Å². The van der Waals surface area contributed by atoms with E-state index in [1.165, 1.54) is 0 Å². The van der Waals surface area contributed by atoms with Crippen molar-refractivity contribution >= 4 is 22.5 Å². The van der Waals surface area contributed by atoms with Crippen LogP contribution < -0.4 is 4.74 Å². The highest BCUT2D eigenvalue weighted by Gasteiger charge is 1.99. The van der Waals surface area contributed by atoms with Crippen LogP contribution in [0.1, 0.15) is 0 Å². The van der Waals surface area contributed by atoms with Crippen molar-refractivity contribution in [2.75, 3.05) is 19.3 Å². The summed E-state index contributed by atoms with van der Waals surface area (Å²) in [6, 6.07) is 8.27. The van der Waals surface area contributed by atoms with Crippen LogP contribution in [0.15, 0.2) is 30.5 Å². The summed E-state index contributed by atoms with van der Waals surface area (Å²) in [6.07, 6.45) is 1.74. The van der Waals surface area contributed by atoms with E-state index in [1.807, 2.05) is 24.3 Å². The molecule has 0 amide bonds. The highest BCUT2D eigenvalue weighted by atomic mass is 35.5. The largest absolute Gasteiger partial charge is 0.461 e. The molecule has 16 heavy (non-hydrogen) atoms. The fourth-order valence-corrected chi connectivity index (χ4v) is 1.38. The lowest BCUT2D eigenvalue weighted by molar-refractivity contribution is 0.128. The molecule has 2 rings (SSSR count). The van der Waals surface area contributed by atoms with Gasteiger partial charge in [-0.25, -0.2) is 4.98 Å². The van der Waals surface area contributed by atoms with E-state index in [4.69, 9.17) is 21.1 Å². The van der Waals surface area contributed by atoms with Gasteiger partial charge in [-0.2, -0.15) is 4.98 Å². The van der Waals surface area contributed by atoms with Crippen molar-refractivity contribution in [2.24, 2.45) is 0 Å². The number of hydrogen-bond acceptors (Lipinski definition) is 4. The van der Waals surface area contributed by atoms with E-state index < -0.39 is 0 Å². The van der Waals surface area contributed by atoms with Crippen LogP contribution in [0, 0.1) is 0 Å². The van der Waals surface area contributed by atoms with Gasteiger partial charge in [-0.05, 0) is 6.07 Å². The van der Waals surface area contributed by atoms with E-state index in [2.05, 4.69) is 9.97 Å². The number of rotatable bonds is 5. The van der Waals surface area contributed by atoms with Crippen molar-refractivity contribution in [3.05, 3.63) is 30.5 Å². The Balaban J connectivity index is 2.02. The van der Waals surface area contributed by atoms with E-state index in [1.54, 1.807) is 6.20 Å². The monoisotopic (exact) mass is 238 g/mol. The molecule has 0 saturated heterocycles. The molecule has 0 N–H and O–H groups in total. The first-order chi connectivity index (χ1) is 7.90. The van der Waals surface area contributed by atoms with Crippen LogP contribution in [0.5, 0.6) is 6.01 Å². The van der Waals surface area contributed by atoms with Crippen LogP contribution >= 0.6 is 11.6 Å². The van der Waals surface area contributed by atoms with Gasteiger partial charge in [0, 0.05) is 11.6 Å². The normalized spacial score (nSPS) is 10.6. The van der Waals surface area contributed by atoms with Crippen LogP contribution in [-0.4, -0.2) is 29.2 Å². The van der Waals surface area contributed by atoms with Crippen LogP contribution in [0.4, 0.5) is 0 Å². The number of halogens is 1. The molecular formula is C11H11ClN2O2. The Labute approximate surface area is 98.2 Å². The lowest BCUT2D eigenvalue weighted by Gasteiger charge is -2.04. The molecule has 2 aromatic rings. The third kappa shape index (κ3) is 2.81. The van der Waals surface area contributed by atoms with Crippen molar-refractivity contribution in [1.82, 2.24) is 9.97 Å². The van der Waals surface area contributed by atoms with E-state index >= 15 is 0 Å². The summed E-state index contributed by atoms with van der Waals surface area (Å²) in [5.41, 5.74) is 0.866. The molecule has 0 fully saturated rings. The smallest absolute Gasteiger partial charge is 0.316 e. The fourth-order valence-electron chi connectivity index (χ4n) is 1.27. The van der Waals surface area contributed by atoms with Crippen molar-refractivity contribution in [1.29, 1.82) is 0 Å². The van der Waals surface area contributed by atoms with Gasteiger partial charge in [-0.3, -0.25) is 0 Å². The molecular weight excluding hydrogens is 228 g/mol. The average Bonchev–Trinajstić information content (AvgIpc) is 2.34. The van der Waals surface area contributed by atoms with E-state index in [9.17, 15) is 0 Å². The van der Waals surface area contributed by atoms with Crippen LogP contribution in [0.25, 0.3) is 10.9 Å². The maximum Gasteiger partial charge on any atom is 0.316 e. The number of alkyl halides is 1. The third-order valence-electron chi connectivity index (χ3n) is 2.00. The third-order valence-corrected chi connectivity index (χ3v) is 2.16. The first-order valence-electron chi connectivity index (χ1n) is 4.88. The Morgan fingerprint density at radius 1 is 1.19 bits per heavy atom. The summed E-state index contributed by atoms with van der Waals surface area (Å²) < 4.78 is 10.2. The molecule has 0 spiro atoms. The summed E-state index contributed by atoms with van der Waals surface area (Å²) in [5, 5.41) is 0.992. The molecule has 0 bridgehead atoms. The number of fused-ring (bicyclic) bond motifs is 1. The molecule has 5 heteroatoms. The fraction of sp³-hybridized carbons (Fsp3) is 0.273. The molecule has 0 aliphatic rings. The zero-order valence-corrected chi connectivity index (χ0v) is 9.35. The number of aromatic nitrogens is 2. The lowest BCUT2D eigenvalue weighted by Crippen LogP contribution is -2.07. The second-order valence-electron chi connectivity index (χ2n) is 3.08. The van der Waals surface area contributed by atoms with Gasteiger partial charge in [0.25, 0.3) is 0 Å². The summed E-state index contributed by atoms with van der Waals surface area (Å²) >= 11 is 5.35. The number of para-hydroxylation sites is 1. The Morgan fingerprint density at radius 3 is 2.94 bits per heavy atom. The van der Waals surface area contributed by atoms with Gasteiger partial charge in [0.15, 0.2) is 0 Å². The summed E-state index contributed by atoms with van der Waals surface area (Å²) in [5.74, 6) is 0. The zero-order chi connectivity index (χ0) is 11.2. The Hall–Kier alpha value is -1.39. The van der Waals surface area contributed by atoms with Gasteiger partial charge >= 0.3 is 6.01 Å². The van der Waals surface area contributed by atoms with E-state index in [-0.39, 0.29) is 6.07 Å². The number of nitrogens with zero attached hydrogens (tertiary/aromatic N) is 2. The molecule has 0 atom stereocenters. The highest BCUT2D eigenvalue weighted by molar-refractivity contribution is 6.17. The Kier molecular flexibility index (Phi) is 3.91. The minimum atomic E-state index is 0.169. The number of benzene rings is 1. The van der Waals surface area contributed by atoms with Crippen molar-refractivity contribution in [2.45, 2.75) is 0 Å². The SMILES string of the molecule is ClCOCCOc1ncc2ccccc2n1. The molecule has 0 saturated carbocycles. The van der Waals surface area contributed by atoms with Crippen molar-refractivity contribution in [3.8, 4) is 6.01 Å². The topological polar surface area (TPSA) is 44.2 Å². The van der Waals surface area contributed by atoms with Gasteiger partial charge in [-0.1, -0.05) is 29.8 Å². The van der Waals surface area contributed by atoms with Gasteiger partial charge in [0.2, 0.25) is 0 Å². The molecule has 0 unspecified atom stereocenters. The lowest BCUT2D eigenvalue weighted by atomic mass is 10.2. The van der Waals surface area contributed by atoms with Crippen molar-refractivity contribution < 1.29 is 9.47 Å². The molecule has 0 radical (unpaired) electrons. The van der Waals surface area contributed by atoms with Crippen LogP contribution in [0.2, 0.25) is 0 Å². The van der Waals surface area contributed by atoms with Gasteiger partial charge in [0.05, 0.1) is 12.1 Å². The molecule has 1 heterocycles. The Morgan fingerprint density at radius 2 is 2.06 bits per heavy atom. The second kappa shape index (κ2) is 5.63. The predicted octanol–water partition coefficient (Wildman–Crippen LogP) is 2.22. The van der Waals surface area contributed by atoms with Crippen molar-refractivity contribution in [3.63, 3.8) is 0 Å².